The highest BCUT2D eigenvalue weighted by Gasteiger charge is 2.30. The predicted molar refractivity (Wildman–Crippen MR) is 71.9 cm³/mol. The van der Waals surface area contributed by atoms with Gasteiger partial charge in [-0.3, -0.25) is 4.79 Å². The van der Waals surface area contributed by atoms with Crippen molar-refractivity contribution in [3.8, 4) is 0 Å². The van der Waals surface area contributed by atoms with E-state index in [9.17, 15) is 9.59 Å². The minimum Gasteiger partial charge on any atom is -0.481 e. The van der Waals surface area contributed by atoms with Crippen molar-refractivity contribution in [1.29, 1.82) is 0 Å². The Morgan fingerprint density at radius 2 is 2.26 bits per heavy atom. The van der Waals surface area contributed by atoms with E-state index in [2.05, 4.69) is 11.4 Å². The van der Waals surface area contributed by atoms with E-state index in [0.29, 0.717) is 26.1 Å². The molecular weight excluding hydrogens is 244 g/mol. The van der Waals surface area contributed by atoms with Gasteiger partial charge in [0.1, 0.15) is 0 Å². The largest absolute Gasteiger partial charge is 0.481 e. The van der Waals surface area contributed by atoms with E-state index in [1.54, 1.807) is 4.90 Å². The van der Waals surface area contributed by atoms with Gasteiger partial charge in [0.15, 0.2) is 0 Å². The molecule has 2 rings (SSSR count). The number of carbonyl (C=O) groups is 2. The molecule has 1 saturated heterocycles. The van der Waals surface area contributed by atoms with E-state index in [1.807, 2.05) is 0 Å². The van der Waals surface area contributed by atoms with Crippen LogP contribution in [-0.4, -0.2) is 41.6 Å². The van der Waals surface area contributed by atoms with Gasteiger partial charge in [-0.05, 0) is 38.5 Å². The lowest BCUT2D eigenvalue weighted by Crippen LogP contribution is -2.39. The number of nitrogens with one attached hydrogen (secondary N) is 1. The quantitative estimate of drug-likeness (QED) is 0.765. The predicted octanol–water partition coefficient (Wildman–Crippen LogP) is 1.99. The van der Waals surface area contributed by atoms with E-state index < -0.39 is 11.9 Å². The molecule has 1 aliphatic heterocycles. The van der Waals surface area contributed by atoms with E-state index in [0.717, 1.165) is 19.3 Å². The molecule has 0 radical (unpaired) electrons. The number of aliphatic carboxylic acids is 1. The highest BCUT2D eigenvalue weighted by Crippen LogP contribution is 2.19. The molecular formula is C14H22N2O3. The first-order valence-electron chi connectivity index (χ1n) is 7.10. The number of nitrogens with zero attached hydrogens (tertiary/aromatic N) is 1. The lowest BCUT2D eigenvalue weighted by atomic mass is 9.97. The van der Waals surface area contributed by atoms with Gasteiger partial charge < -0.3 is 15.3 Å². The number of carboxylic acids is 1. The summed E-state index contributed by atoms with van der Waals surface area (Å²) in [5.74, 6) is -1.20. The van der Waals surface area contributed by atoms with Crippen molar-refractivity contribution < 1.29 is 14.7 Å². The number of urea groups is 1. The molecule has 5 heteroatoms. The Kier molecular flexibility index (Phi) is 4.82. The van der Waals surface area contributed by atoms with Gasteiger partial charge in [0.2, 0.25) is 0 Å². The number of hydrogen-bond acceptors (Lipinski definition) is 2. The summed E-state index contributed by atoms with van der Waals surface area (Å²) in [7, 11) is 0. The summed E-state index contributed by atoms with van der Waals surface area (Å²) >= 11 is 0. The van der Waals surface area contributed by atoms with Crippen LogP contribution in [0.25, 0.3) is 0 Å². The van der Waals surface area contributed by atoms with Crippen molar-refractivity contribution in [1.82, 2.24) is 10.2 Å². The number of allylic oxidation sites excluding steroid dienone is 1. The van der Waals surface area contributed by atoms with Crippen molar-refractivity contribution >= 4 is 12.0 Å². The molecule has 1 aliphatic carbocycles. The molecule has 0 aromatic carbocycles. The average Bonchev–Trinajstić information content (AvgIpc) is 2.89. The number of likely N-dealkylation sites (tertiary alicyclic amines) is 1. The number of carbonyl (C=O) groups excluding carboxylic acids is 1. The van der Waals surface area contributed by atoms with Crippen LogP contribution in [0.2, 0.25) is 0 Å². The highest BCUT2D eigenvalue weighted by molar-refractivity contribution is 5.77. The molecule has 1 fully saturated rings. The average molecular weight is 266 g/mol. The second-order valence-corrected chi connectivity index (χ2v) is 5.36. The lowest BCUT2D eigenvalue weighted by Gasteiger charge is -2.18. The van der Waals surface area contributed by atoms with Crippen LogP contribution >= 0.6 is 0 Å². The molecule has 0 aromatic rings. The van der Waals surface area contributed by atoms with Crippen molar-refractivity contribution in [3.05, 3.63) is 11.6 Å². The Morgan fingerprint density at radius 1 is 1.42 bits per heavy atom. The fourth-order valence-electron chi connectivity index (χ4n) is 2.72. The fourth-order valence-corrected chi connectivity index (χ4v) is 2.72. The molecule has 1 atom stereocenters. The Hall–Kier alpha value is -1.52. The Balaban J connectivity index is 1.67. The van der Waals surface area contributed by atoms with Crippen LogP contribution in [0.4, 0.5) is 4.79 Å². The summed E-state index contributed by atoms with van der Waals surface area (Å²) in [5.41, 5.74) is 1.44. The van der Waals surface area contributed by atoms with Crippen LogP contribution in [0.5, 0.6) is 0 Å². The Bertz CT molecular complexity index is 379. The molecule has 1 heterocycles. The highest BCUT2D eigenvalue weighted by atomic mass is 16.4. The first kappa shape index (κ1) is 13.9. The van der Waals surface area contributed by atoms with Crippen molar-refractivity contribution in [2.24, 2.45) is 5.92 Å². The maximum absolute atomic E-state index is 11.9. The fraction of sp³-hybridized carbons (Fsp3) is 0.714. The van der Waals surface area contributed by atoms with E-state index >= 15 is 0 Å². The van der Waals surface area contributed by atoms with Crippen molar-refractivity contribution in [2.75, 3.05) is 19.6 Å². The minimum atomic E-state index is -0.803. The van der Waals surface area contributed by atoms with Crippen LogP contribution in [0, 0.1) is 5.92 Å². The molecule has 0 bridgehead atoms. The summed E-state index contributed by atoms with van der Waals surface area (Å²) in [6.45, 7) is 1.54. The molecule has 2 amide bonds. The van der Waals surface area contributed by atoms with Gasteiger partial charge in [-0.25, -0.2) is 4.79 Å². The smallest absolute Gasteiger partial charge is 0.317 e. The summed E-state index contributed by atoms with van der Waals surface area (Å²) in [5, 5.41) is 11.8. The Morgan fingerprint density at radius 3 is 2.89 bits per heavy atom. The molecule has 5 nitrogen and oxygen atoms in total. The summed E-state index contributed by atoms with van der Waals surface area (Å²) in [6, 6.07) is -0.125. The van der Waals surface area contributed by atoms with Gasteiger partial charge >= 0.3 is 12.0 Å². The SMILES string of the molecule is O=C(O)C1CCN(C(=O)NCCC2=CCCCC2)C1. The topological polar surface area (TPSA) is 69.6 Å². The molecule has 0 aromatic heterocycles. The van der Waals surface area contributed by atoms with Crippen LogP contribution in [-0.2, 0) is 4.79 Å². The van der Waals surface area contributed by atoms with Crippen LogP contribution in [0.3, 0.4) is 0 Å². The minimum absolute atomic E-state index is 0.125. The molecule has 19 heavy (non-hydrogen) atoms. The van der Waals surface area contributed by atoms with Crippen LogP contribution in [0.1, 0.15) is 38.5 Å². The first-order chi connectivity index (χ1) is 9.16. The number of carboxylic acid groups (broad SMARTS) is 1. The van der Waals surface area contributed by atoms with Gasteiger partial charge in [0.25, 0.3) is 0 Å². The van der Waals surface area contributed by atoms with Gasteiger partial charge in [0, 0.05) is 19.6 Å². The number of hydrogen-bond donors (Lipinski definition) is 2. The van der Waals surface area contributed by atoms with E-state index in [-0.39, 0.29) is 6.03 Å². The van der Waals surface area contributed by atoms with E-state index in [1.165, 1.54) is 18.4 Å². The van der Waals surface area contributed by atoms with Gasteiger partial charge in [0.05, 0.1) is 5.92 Å². The van der Waals surface area contributed by atoms with Crippen molar-refractivity contribution in [2.45, 2.75) is 38.5 Å². The van der Waals surface area contributed by atoms with Crippen LogP contribution < -0.4 is 5.32 Å². The lowest BCUT2D eigenvalue weighted by molar-refractivity contribution is -0.141. The summed E-state index contributed by atoms with van der Waals surface area (Å²) < 4.78 is 0. The summed E-state index contributed by atoms with van der Waals surface area (Å²) in [6.07, 6.45) is 8.62. The first-order valence-corrected chi connectivity index (χ1v) is 7.10. The van der Waals surface area contributed by atoms with Crippen molar-refractivity contribution in [3.63, 3.8) is 0 Å². The third kappa shape index (κ3) is 3.98. The zero-order chi connectivity index (χ0) is 13.7. The molecule has 106 valence electrons. The van der Waals surface area contributed by atoms with Gasteiger partial charge in [-0.2, -0.15) is 0 Å². The Labute approximate surface area is 113 Å². The molecule has 0 spiro atoms. The molecule has 2 N–H and O–H groups in total. The number of rotatable bonds is 4. The molecule has 2 aliphatic rings. The van der Waals surface area contributed by atoms with Gasteiger partial charge in [-0.1, -0.05) is 11.6 Å². The molecule has 0 saturated carbocycles. The second kappa shape index (κ2) is 6.59. The normalized spacial score (nSPS) is 23.1. The zero-order valence-corrected chi connectivity index (χ0v) is 11.2. The maximum Gasteiger partial charge on any atom is 0.317 e. The third-order valence-electron chi connectivity index (χ3n) is 3.93. The monoisotopic (exact) mass is 266 g/mol. The van der Waals surface area contributed by atoms with E-state index in [4.69, 9.17) is 5.11 Å². The number of amides is 2. The van der Waals surface area contributed by atoms with Gasteiger partial charge in [-0.15, -0.1) is 0 Å². The molecule has 1 unspecified atom stereocenters. The standard InChI is InChI=1S/C14H22N2O3/c17-13(18)12-7-9-16(10-12)14(19)15-8-6-11-4-2-1-3-5-11/h4,12H,1-3,5-10H2,(H,15,19)(H,17,18). The zero-order valence-electron chi connectivity index (χ0n) is 11.2. The van der Waals surface area contributed by atoms with Crippen LogP contribution in [0.15, 0.2) is 11.6 Å². The summed E-state index contributed by atoms with van der Waals surface area (Å²) in [4.78, 5) is 24.3. The third-order valence-corrected chi connectivity index (χ3v) is 3.93. The maximum atomic E-state index is 11.9. The second-order valence-electron chi connectivity index (χ2n) is 5.36.